The Kier molecular flexibility index (Phi) is 9.45. The summed E-state index contributed by atoms with van der Waals surface area (Å²) in [6, 6.07) is 28.5. The van der Waals surface area contributed by atoms with Gasteiger partial charge >= 0.3 is 11.9 Å². The molecule has 0 aromatic heterocycles. The monoisotopic (exact) mass is 605 g/mol. The first-order valence-electron chi connectivity index (χ1n) is 13.3. The van der Waals surface area contributed by atoms with Crippen molar-refractivity contribution in [2.75, 3.05) is 25.1 Å². The van der Waals surface area contributed by atoms with Gasteiger partial charge in [0.2, 0.25) is 0 Å². The number of halogens is 2. The second kappa shape index (κ2) is 13.4. The second-order valence-corrected chi connectivity index (χ2v) is 11.1. The molecule has 1 saturated heterocycles. The van der Waals surface area contributed by atoms with Crippen molar-refractivity contribution in [3.05, 3.63) is 124 Å². The van der Waals surface area contributed by atoms with Crippen LogP contribution in [0.2, 0.25) is 10.0 Å². The first-order valence-corrected chi connectivity index (χ1v) is 14.1. The van der Waals surface area contributed by atoms with Crippen LogP contribution < -0.4 is 10.1 Å². The van der Waals surface area contributed by atoms with Gasteiger partial charge in [0.15, 0.2) is 6.29 Å². The van der Waals surface area contributed by atoms with Crippen molar-refractivity contribution in [2.24, 2.45) is 5.41 Å². The molecule has 1 fully saturated rings. The van der Waals surface area contributed by atoms with E-state index in [2.05, 4.69) is 5.32 Å². The molecule has 0 atom stereocenters. The van der Waals surface area contributed by atoms with E-state index < -0.39 is 23.6 Å². The molecular formula is C33H29Cl2NO6. The Balaban J connectivity index is 1.12. The Morgan fingerprint density at radius 3 is 2.19 bits per heavy atom. The van der Waals surface area contributed by atoms with Crippen LogP contribution in [0.25, 0.3) is 0 Å². The largest absolute Gasteiger partial charge is 0.461 e. The van der Waals surface area contributed by atoms with Crippen LogP contribution >= 0.6 is 23.2 Å². The van der Waals surface area contributed by atoms with Gasteiger partial charge < -0.3 is 24.3 Å². The highest BCUT2D eigenvalue weighted by molar-refractivity contribution is 6.39. The number of anilines is 2. The van der Waals surface area contributed by atoms with Gasteiger partial charge in [0.25, 0.3) is 0 Å². The van der Waals surface area contributed by atoms with Gasteiger partial charge in [0.05, 0.1) is 40.9 Å². The maximum Gasteiger partial charge on any atom is 0.338 e. The number of carbonyl (C=O) groups is 2. The lowest BCUT2D eigenvalue weighted by Gasteiger charge is -2.36. The number of hydrogen-bond acceptors (Lipinski definition) is 7. The summed E-state index contributed by atoms with van der Waals surface area (Å²) in [5.41, 5.74) is 2.75. The van der Waals surface area contributed by atoms with Crippen molar-refractivity contribution < 1.29 is 28.5 Å². The summed E-state index contributed by atoms with van der Waals surface area (Å²) < 4.78 is 22.8. The SMILES string of the molecule is CC1(COC(=O)c2ccc(OC(=O)Cc3ccccc3Nc3c(Cl)cccc3Cl)cc2)COC(c2ccccc2)OC1. The van der Waals surface area contributed by atoms with Crippen LogP contribution in [0.3, 0.4) is 0 Å². The van der Waals surface area contributed by atoms with E-state index >= 15 is 0 Å². The third-order valence-electron chi connectivity index (χ3n) is 6.69. The first kappa shape index (κ1) is 29.6. The standard InChI is InChI=1S/C33H29Cl2NO6/c1-33(20-40-32(41-21-33)23-8-3-2-4-9-23)19-39-31(38)22-14-16-25(17-15-22)42-29(37)18-24-10-5-6-13-28(24)36-30-26(34)11-7-12-27(30)35/h2-17,32,36H,18-21H2,1H3. The summed E-state index contributed by atoms with van der Waals surface area (Å²) >= 11 is 12.6. The fourth-order valence-corrected chi connectivity index (χ4v) is 4.87. The fourth-order valence-electron chi connectivity index (χ4n) is 4.38. The Hall–Kier alpha value is -3.88. The topological polar surface area (TPSA) is 83.1 Å². The molecule has 5 rings (SSSR count). The number of benzene rings is 4. The number of esters is 2. The molecule has 4 aromatic rings. The Morgan fingerprint density at radius 2 is 1.50 bits per heavy atom. The van der Waals surface area contributed by atoms with E-state index in [4.69, 9.17) is 42.1 Å². The van der Waals surface area contributed by atoms with Crippen LogP contribution in [0.5, 0.6) is 5.75 Å². The molecule has 9 heteroatoms. The van der Waals surface area contributed by atoms with Gasteiger partial charge in [-0.05, 0) is 48.0 Å². The smallest absolute Gasteiger partial charge is 0.338 e. The molecule has 0 aliphatic carbocycles. The summed E-state index contributed by atoms with van der Waals surface area (Å²) in [7, 11) is 0. The van der Waals surface area contributed by atoms with Crippen molar-refractivity contribution in [3.8, 4) is 5.75 Å². The number of para-hydroxylation sites is 2. The zero-order valence-electron chi connectivity index (χ0n) is 22.8. The third kappa shape index (κ3) is 7.49. The van der Waals surface area contributed by atoms with E-state index in [9.17, 15) is 9.59 Å². The van der Waals surface area contributed by atoms with Gasteiger partial charge in [-0.1, -0.05) is 84.7 Å². The summed E-state index contributed by atoms with van der Waals surface area (Å²) in [5, 5.41) is 4.13. The van der Waals surface area contributed by atoms with Gasteiger partial charge in [-0.25, -0.2) is 4.79 Å². The van der Waals surface area contributed by atoms with Crippen LogP contribution in [0, 0.1) is 5.41 Å². The summed E-state index contributed by atoms with van der Waals surface area (Å²) in [5.74, 6) is -0.648. The van der Waals surface area contributed by atoms with Gasteiger partial charge in [0, 0.05) is 16.7 Å². The molecule has 7 nitrogen and oxygen atoms in total. The molecule has 0 bridgehead atoms. The van der Waals surface area contributed by atoms with Crippen molar-refractivity contribution in [3.63, 3.8) is 0 Å². The van der Waals surface area contributed by atoms with Crippen molar-refractivity contribution in [1.29, 1.82) is 0 Å². The molecule has 0 radical (unpaired) electrons. The van der Waals surface area contributed by atoms with E-state index in [0.717, 1.165) is 5.56 Å². The predicted molar refractivity (Wildman–Crippen MR) is 161 cm³/mol. The van der Waals surface area contributed by atoms with Crippen LogP contribution in [0.1, 0.15) is 34.7 Å². The maximum atomic E-state index is 12.7. The molecule has 0 amide bonds. The fraction of sp³-hybridized carbons (Fsp3) is 0.212. The molecule has 1 N–H and O–H groups in total. The minimum absolute atomic E-state index is 0.00287. The van der Waals surface area contributed by atoms with Crippen molar-refractivity contribution >= 4 is 46.5 Å². The first-order chi connectivity index (χ1) is 20.3. The van der Waals surface area contributed by atoms with Gasteiger partial charge in [-0.2, -0.15) is 0 Å². The number of nitrogens with one attached hydrogen (secondary N) is 1. The highest BCUT2D eigenvalue weighted by Gasteiger charge is 2.35. The van der Waals surface area contributed by atoms with E-state index in [1.807, 2.05) is 61.5 Å². The summed E-state index contributed by atoms with van der Waals surface area (Å²) in [6.07, 6.45) is -0.432. The molecule has 4 aromatic carbocycles. The number of rotatable bonds is 9. The van der Waals surface area contributed by atoms with Crippen LogP contribution in [0.15, 0.2) is 97.1 Å². The Bertz CT molecular complexity index is 1520. The number of ether oxygens (including phenoxy) is 4. The third-order valence-corrected chi connectivity index (χ3v) is 7.32. The highest BCUT2D eigenvalue weighted by Crippen LogP contribution is 2.34. The number of hydrogen-bond donors (Lipinski definition) is 1. The zero-order valence-corrected chi connectivity index (χ0v) is 24.4. The maximum absolute atomic E-state index is 12.7. The molecule has 1 aliphatic heterocycles. The molecule has 42 heavy (non-hydrogen) atoms. The second-order valence-electron chi connectivity index (χ2n) is 10.3. The molecule has 0 unspecified atom stereocenters. The normalized spacial score (nSPS) is 18.2. The average molecular weight is 607 g/mol. The summed E-state index contributed by atoms with van der Waals surface area (Å²) in [6.45, 7) is 2.86. The minimum atomic E-state index is -0.488. The minimum Gasteiger partial charge on any atom is -0.461 e. The lowest BCUT2D eigenvalue weighted by atomic mass is 9.93. The molecule has 0 spiro atoms. The van der Waals surface area contributed by atoms with E-state index in [1.165, 1.54) is 0 Å². The molecule has 0 saturated carbocycles. The zero-order chi connectivity index (χ0) is 29.5. The summed E-state index contributed by atoms with van der Waals surface area (Å²) in [4.78, 5) is 25.4. The molecular weight excluding hydrogens is 577 g/mol. The van der Waals surface area contributed by atoms with Crippen molar-refractivity contribution in [1.82, 2.24) is 0 Å². The van der Waals surface area contributed by atoms with E-state index in [1.54, 1.807) is 42.5 Å². The van der Waals surface area contributed by atoms with Crippen LogP contribution in [0.4, 0.5) is 11.4 Å². The Morgan fingerprint density at radius 1 is 0.857 bits per heavy atom. The molecule has 1 aliphatic rings. The van der Waals surface area contributed by atoms with Crippen LogP contribution in [-0.2, 0) is 25.4 Å². The van der Waals surface area contributed by atoms with E-state index in [-0.39, 0.29) is 13.0 Å². The number of carbonyl (C=O) groups excluding carboxylic acids is 2. The highest BCUT2D eigenvalue weighted by atomic mass is 35.5. The average Bonchev–Trinajstić information content (AvgIpc) is 3.00. The quantitative estimate of drug-likeness (QED) is 0.154. The van der Waals surface area contributed by atoms with Gasteiger partial charge in [-0.3, -0.25) is 4.79 Å². The predicted octanol–water partition coefficient (Wildman–Crippen LogP) is 7.79. The lowest BCUT2D eigenvalue weighted by molar-refractivity contribution is -0.236. The molecule has 216 valence electrons. The Labute approximate surface area is 254 Å². The van der Waals surface area contributed by atoms with Crippen molar-refractivity contribution in [2.45, 2.75) is 19.6 Å². The van der Waals surface area contributed by atoms with Crippen LogP contribution in [-0.4, -0.2) is 31.8 Å². The lowest BCUT2D eigenvalue weighted by Crippen LogP contribution is -2.40. The van der Waals surface area contributed by atoms with Gasteiger partial charge in [-0.15, -0.1) is 0 Å². The van der Waals surface area contributed by atoms with E-state index in [0.29, 0.717) is 51.5 Å². The van der Waals surface area contributed by atoms with Gasteiger partial charge in [0.1, 0.15) is 12.4 Å². The molecule has 1 heterocycles.